The zero-order valence-electron chi connectivity index (χ0n) is 21.6. The minimum Gasteiger partial charge on any atom is -0.484 e. The molecule has 9 nitrogen and oxygen atoms in total. The number of carbonyl (C=O) groups excluding carboxylic acids is 2. The predicted molar refractivity (Wildman–Crippen MR) is 144 cm³/mol. The van der Waals surface area contributed by atoms with Crippen LogP contribution in [0.25, 0.3) is 0 Å². The van der Waals surface area contributed by atoms with Gasteiger partial charge >= 0.3 is 6.18 Å². The van der Waals surface area contributed by atoms with Crippen LogP contribution in [0.2, 0.25) is 0 Å². The van der Waals surface area contributed by atoms with E-state index >= 15 is 0 Å². The highest BCUT2D eigenvalue weighted by Gasteiger charge is 2.32. The molecule has 0 radical (unpaired) electrons. The molecule has 0 aliphatic rings. The van der Waals surface area contributed by atoms with E-state index in [0.717, 1.165) is 30.0 Å². The van der Waals surface area contributed by atoms with Crippen molar-refractivity contribution in [2.75, 3.05) is 23.7 Å². The van der Waals surface area contributed by atoms with Gasteiger partial charge in [0.2, 0.25) is 10.0 Å². The maximum Gasteiger partial charge on any atom is 0.416 e. The molecule has 0 aliphatic carbocycles. The Balaban J connectivity index is 1.52. The van der Waals surface area contributed by atoms with Gasteiger partial charge in [0.1, 0.15) is 12.3 Å². The number of nitrogens with zero attached hydrogens (tertiary/aromatic N) is 2. The number of ether oxygens (including phenoxy) is 1. The van der Waals surface area contributed by atoms with Gasteiger partial charge in [-0.05, 0) is 60.5 Å². The van der Waals surface area contributed by atoms with E-state index in [9.17, 15) is 31.2 Å². The van der Waals surface area contributed by atoms with E-state index in [4.69, 9.17) is 4.74 Å². The molecule has 3 aromatic carbocycles. The average molecular weight is 577 g/mol. The number of hydrazone groups is 1. The molecule has 0 spiro atoms. The number of nitrogens with one attached hydrogen (secondary N) is 2. The first-order valence-corrected chi connectivity index (χ1v) is 13.7. The molecule has 0 saturated heterocycles. The fourth-order valence-corrected chi connectivity index (χ4v) is 4.34. The second-order valence-electron chi connectivity index (χ2n) is 8.67. The van der Waals surface area contributed by atoms with Crippen LogP contribution in [0, 0.1) is 0 Å². The largest absolute Gasteiger partial charge is 0.484 e. The van der Waals surface area contributed by atoms with Gasteiger partial charge in [0.05, 0.1) is 29.8 Å². The fourth-order valence-electron chi connectivity index (χ4n) is 3.49. The molecule has 0 aromatic heterocycles. The minimum absolute atomic E-state index is 0.180. The van der Waals surface area contributed by atoms with Crippen LogP contribution >= 0.6 is 0 Å². The van der Waals surface area contributed by atoms with Gasteiger partial charge < -0.3 is 10.1 Å². The molecule has 0 aliphatic heterocycles. The number of carbonyl (C=O) groups is 2. The molecule has 13 heteroatoms. The van der Waals surface area contributed by atoms with Crippen LogP contribution in [0.1, 0.15) is 29.7 Å². The normalized spacial score (nSPS) is 12.5. The first kappa shape index (κ1) is 30.2. The number of hydrogen-bond acceptors (Lipinski definition) is 6. The van der Waals surface area contributed by atoms with Gasteiger partial charge in [-0.1, -0.05) is 36.4 Å². The zero-order valence-corrected chi connectivity index (χ0v) is 22.4. The Morgan fingerprint density at radius 1 is 1.00 bits per heavy atom. The maximum atomic E-state index is 13.0. The van der Waals surface area contributed by atoms with Crippen LogP contribution < -0.4 is 19.8 Å². The molecule has 0 bridgehead atoms. The summed E-state index contributed by atoms with van der Waals surface area (Å²) in [4.78, 5) is 24.5. The first-order chi connectivity index (χ1) is 18.8. The minimum atomic E-state index is -4.68. The summed E-state index contributed by atoms with van der Waals surface area (Å²) >= 11 is 0. The Morgan fingerprint density at radius 2 is 1.68 bits per heavy atom. The van der Waals surface area contributed by atoms with Gasteiger partial charge in [0, 0.05) is 0 Å². The zero-order chi connectivity index (χ0) is 29.3. The van der Waals surface area contributed by atoms with Crippen LogP contribution in [0.4, 0.5) is 18.9 Å². The molecular formula is C27H27F3N4O5S. The smallest absolute Gasteiger partial charge is 0.416 e. The third-order valence-corrected chi connectivity index (χ3v) is 6.62. The summed E-state index contributed by atoms with van der Waals surface area (Å²) < 4.78 is 69.5. The van der Waals surface area contributed by atoms with Crippen LogP contribution in [-0.4, -0.2) is 45.9 Å². The van der Waals surface area contributed by atoms with E-state index < -0.39 is 34.2 Å². The number of rotatable bonds is 11. The van der Waals surface area contributed by atoms with Gasteiger partial charge in [0.25, 0.3) is 11.8 Å². The lowest BCUT2D eigenvalue weighted by Gasteiger charge is -2.22. The van der Waals surface area contributed by atoms with Crippen molar-refractivity contribution in [2.24, 2.45) is 5.10 Å². The molecule has 0 heterocycles. The molecule has 3 rings (SSSR count). The van der Waals surface area contributed by atoms with Crippen molar-refractivity contribution >= 4 is 33.7 Å². The molecular weight excluding hydrogens is 549 g/mol. The highest BCUT2D eigenvalue weighted by atomic mass is 32.2. The number of halogens is 3. The number of anilines is 1. The molecule has 3 aromatic rings. The van der Waals surface area contributed by atoms with Gasteiger partial charge in [-0.2, -0.15) is 18.3 Å². The summed E-state index contributed by atoms with van der Waals surface area (Å²) in [5.74, 6) is -0.735. The predicted octanol–water partition coefficient (Wildman–Crippen LogP) is 3.88. The Hall–Kier alpha value is -4.39. The molecule has 212 valence electrons. The second-order valence-corrected chi connectivity index (χ2v) is 10.6. The molecule has 2 N–H and O–H groups in total. The number of benzene rings is 3. The van der Waals surface area contributed by atoms with E-state index in [1.54, 1.807) is 24.3 Å². The Kier molecular flexibility index (Phi) is 9.88. The third-order valence-electron chi connectivity index (χ3n) is 5.48. The van der Waals surface area contributed by atoms with Crippen molar-refractivity contribution in [2.45, 2.75) is 19.1 Å². The highest BCUT2D eigenvalue weighted by molar-refractivity contribution is 7.92. The Bertz CT molecular complexity index is 1450. The summed E-state index contributed by atoms with van der Waals surface area (Å²) in [5, 5.41) is 6.60. The Morgan fingerprint density at radius 3 is 2.30 bits per heavy atom. The molecule has 1 atom stereocenters. The van der Waals surface area contributed by atoms with Crippen molar-refractivity contribution in [3.63, 3.8) is 0 Å². The van der Waals surface area contributed by atoms with Gasteiger partial charge in [-0.3, -0.25) is 13.9 Å². The van der Waals surface area contributed by atoms with Gasteiger partial charge in [0.15, 0.2) is 6.61 Å². The lowest BCUT2D eigenvalue weighted by atomic mass is 10.1. The summed E-state index contributed by atoms with van der Waals surface area (Å²) in [6.07, 6.45) is -2.62. The van der Waals surface area contributed by atoms with Gasteiger partial charge in [-0.25, -0.2) is 13.8 Å². The fraction of sp³-hybridized carbons (Fsp3) is 0.222. The second kappa shape index (κ2) is 13.1. The summed E-state index contributed by atoms with van der Waals surface area (Å²) in [7, 11) is -4.08. The lowest BCUT2D eigenvalue weighted by Crippen LogP contribution is -2.39. The number of alkyl halides is 3. The number of hydrogen-bond donors (Lipinski definition) is 2. The standard InChI is InChI=1S/C27H27F3N4O5S/c1-19(21-7-4-3-5-8-21)32-26(36)18-39-24-13-11-20(12-14-24)16-31-33-25(35)17-34(40(2,37)38)23-10-6-9-22(15-23)27(28,29)30/h3-16,19H,17-18H2,1-2H3,(H,32,36)(H,33,35)/b31-16-/t19-/m1/s1. The van der Waals surface area contributed by atoms with Crippen molar-refractivity contribution in [1.82, 2.24) is 10.7 Å². The molecule has 40 heavy (non-hydrogen) atoms. The van der Waals surface area contributed by atoms with E-state index in [1.165, 1.54) is 6.21 Å². The van der Waals surface area contributed by atoms with E-state index in [2.05, 4.69) is 15.8 Å². The van der Waals surface area contributed by atoms with E-state index in [0.29, 0.717) is 21.7 Å². The van der Waals surface area contributed by atoms with Crippen LogP contribution in [0.3, 0.4) is 0 Å². The van der Waals surface area contributed by atoms with Gasteiger partial charge in [-0.15, -0.1) is 0 Å². The van der Waals surface area contributed by atoms with Crippen LogP contribution in [-0.2, 0) is 25.8 Å². The molecule has 2 amide bonds. The quantitative estimate of drug-likeness (QED) is 0.266. The summed E-state index contributed by atoms with van der Waals surface area (Å²) in [6.45, 7) is 0.892. The Labute approximate surface area is 229 Å². The molecule has 0 fully saturated rings. The van der Waals surface area contributed by atoms with Crippen molar-refractivity contribution in [3.8, 4) is 5.75 Å². The van der Waals surface area contributed by atoms with E-state index in [1.807, 2.05) is 37.3 Å². The first-order valence-electron chi connectivity index (χ1n) is 11.9. The van der Waals surface area contributed by atoms with Crippen LogP contribution in [0.5, 0.6) is 5.75 Å². The maximum absolute atomic E-state index is 13.0. The van der Waals surface area contributed by atoms with Crippen molar-refractivity contribution in [1.29, 1.82) is 0 Å². The van der Waals surface area contributed by atoms with Crippen LogP contribution in [0.15, 0.2) is 84.0 Å². The highest BCUT2D eigenvalue weighted by Crippen LogP contribution is 2.32. The third kappa shape index (κ3) is 9.12. The number of amides is 2. The SMILES string of the molecule is C[C@@H](NC(=O)COc1ccc(/C=N\NC(=O)CN(c2cccc(C(F)(F)F)c2)S(C)(=O)=O)cc1)c1ccccc1. The number of sulfonamides is 1. The van der Waals surface area contributed by atoms with E-state index in [-0.39, 0.29) is 24.2 Å². The summed E-state index contributed by atoms with van der Waals surface area (Å²) in [6, 6.07) is 19.4. The molecule has 0 unspecified atom stereocenters. The summed E-state index contributed by atoms with van der Waals surface area (Å²) in [5.41, 5.74) is 2.31. The molecule has 0 saturated carbocycles. The monoisotopic (exact) mass is 576 g/mol. The lowest BCUT2D eigenvalue weighted by molar-refractivity contribution is -0.137. The topological polar surface area (TPSA) is 117 Å². The van der Waals surface area contributed by atoms with Crippen molar-refractivity contribution in [3.05, 3.63) is 95.6 Å². The average Bonchev–Trinajstić information content (AvgIpc) is 2.90. The van der Waals surface area contributed by atoms with Crippen molar-refractivity contribution < 1.29 is 35.9 Å².